The Morgan fingerprint density at radius 3 is 2.94 bits per heavy atom. The van der Waals surface area contributed by atoms with E-state index in [0.717, 1.165) is 18.7 Å². The third-order valence-corrected chi connectivity index (χ3v) is 3.75. The van der Waals surface area contributed by atoms with Crippen molar-refractivity contribution in [2.24, 2.45) is 5.92 Å². The zero-order valence-corrected chi connectivity index (χ0v) is 10.3. The van der Waals surface area contributed by atoms with E-state index in [0.29, 0.717) is 28.7 Å². The number of Topliss-reactive ketones (excluding diaryl/α,β-unsaturated/α-hetero) is 1. The fourth-order valence-corrected chi connectivity index (χ4v) is 2.36. The first-order valence-corrected chi connectivity index (χ1v) is 6.10. The van der Waals surface area contributed by atoms with Gasteiger partial charge in [-0.05, 0) is 18.1 Å². The highest BCUT2D eigenvalue weighted by atomic mass is 35.5. The summed E-state index contributed by atoms with van der Waals surface area (Å²) < 4.78 is 0. The van der Waals surface area contributed by atoms with Crippen molar-refractivity contribution in [3.05, 3.63) is 33.8 Å². The molecule has 0 spiro atoms. The molecular weight excluding hydrogens is 245 g/mol. The zero-order valence-electron chi connectivity index (χ0n) is 8.80. The van der Waals surface area contributed by atoms with Crippen LogP contribution < -0.4 is 5.32 Å². The van der Waals surface area contributed by atoms with Gasteiger partial charge in [0.05, 0.1) is 10.0 Å². The summed E-state index contributed by atoms with van der Waals surface area (Å²) >= 11 is 12.0. The molecular formula is C12H13Cl2NO. The van der Waals surface area contributed by atoms with E-state index in [-0.39, 0.29) is 5.92 Å². The molecule has 0 bridgehead atoms. The van der Waals surface area contributed by atoms with Gasteiger partial charge in [-0.1, -0.05) is 35.3 Å². The molecule has 1 N–H and O–H groups in total. The predicted octanol–water partition coefficient (Wildman–Crippen LogP) is 2.71. The maximum Gasteiger partial charge on any atom is 0.138 e. The summed E-state index contributed by atoms with van der Waals surface area (Å²) in [4.78, 5) is 11.7. The van der Waals surface area contributed by atoms with Gasteiger partial charge in [0.2, 0.25) is 0 Å². The summed E-state index contributed by atoms with van der Waals surface area (Å²) in [5, 5.41) is 4.35. The Kier molecular flexibility index (Phi) is 3.85. The number of nitrogens with one attached hydrogen (secondary N) is 1. The van der Waals surface area contributed by atoms with Crippen molar-refractivity contribution in [1.29, 1.82) is 0 Å². The van der Waals surface area contributed by atoms with Gasteiger partial charge in [-0.3, -0.25) is 4.79 Å². The van der Waals surface area contributed by atoms with E-state index in [1.807, 2.05) is 12.1 Å². The van der Waals surface area contributed by atoms with Crippen LogP contribution in [0.2, 0.25) is 10.0 Å². The minimum Gasteiger partial charge on any atom is -0.316 e. The molecule has 16 heavy (non-hydrogen) atoms. The highest BCUT2D eigenvalue weighted by molar-refractivity contribution is 6.42. The van der Waals surface area contributed by atoms with Gasteiger partial charge in [0.15, 0.2) is 0 Å². The van der Waals surface area contributed by atoms with E-state index in [4.69, 9.17) is 23.2 Å². The van der Waals surface area contributed by atoms with Gasteiger partial charge in [0.25, 0.3) is 0 Å². The Morgan fingerprint density at radius 2 is 2.19 bits per heavy atom. The highest BCUT2D eigenvalue weighted by Gasteiger charge is 2.23. The molecule has 2 rings (SSSR count). The highest BCUT2D eigenvalue weighted by Crippen LogP contribution is 2.28. The van der Waals surface area contributed by atoms with Crippen molar-refractivity contribution in [3.63, 3.8) is 0 Å². The molecule has 1 aliphatic heterocycles. The average Bonchev–Trinajstić information content (AvgIpc) is 2.28. The van der Waals surface area contributed by atoms with Crippen LogP contribution in [0.5, 0.6) is 0 Å². The number of rotatable bonds is 2. The van der Waals surface area contributed by atoms with E-state index < -0.39 is 0 Å². The summed E-state index contributed by atoms with van der Waals surface area (Å²) in [6.07, 6.45) is 1.29. The molecule has 1 heterocycles. The van der Waals surface area contributed by atoms with Gasteiger partial charge in [-0.15, -0.1) is 0 Å². The fourth-order valence-electron chi connectivity index (χ4n) is 1.96. The number of hydrogen-bond acceptors (Lipinski definition) is 2. The number of halogens is 2. The zero-order chi connectivity index (χ0) is 11.5. The molecule has 0 aromatic heterocycles. The lowest BCUT2D eigenvalue weighted by atomic mass is 9.91. The van der Waals surface area contributed by atoms with Crippen LogP contribution in [0, 0.1) is 5.92 Å². The van der Waals surface area contributed by atoms with Gasteiger partial charge in [0.1, 0.15) is 5.78 Å². The lowest BCUT2D eigenvalue weighted by molar-refractivity contribution is -0.123. The first-order chi connectivity index (χ1) is 7.68. The third kappa shape index (κ3) is 2.57. The molecule has 0 radical (unpaired) electrons. The van der Waals surface area contributed by atoms with Crippen LogP contribution in [0.25, 0.3) is 0 Å². The summed E-state index contributed by atoms with van der Waals surface area (Å²) in [7, 11) is 0. The Labute approximate surface area is 105 Å². The molecule has 0 amide bonds. The third-order valence-electron chi connectivity index (χ3n) is 2.89. The Bertz CT molecular complexity index is 406. The number of benzene rings is 1. The molecule has 1 unspecified atom stereocenters. The first kappa shape index (κ1) is 11.9. The van der Waals surface area contributed by atoms with E-state index in [9.17, 15) is 4.79 Å². The van der Waals surface area contributed by atoms with Crippen molar-refractivity contribution in [1.82, 2.24) is 5.32 Å². The predicted molar refractivity (Wildman–Crippen MR) is 66.1 cm³/mol. The van der Waals surface area contributed by atoms with Crippen molar-refractivity contribution in [2.75, 3.05) is 13.1 Å². The van der Waals surface area contributed by atoms with E-state index in [2.05, 4.69) is 5.32 Å². The topological polar surface area (TPSA) is 29.1 Å². The van der Waals surface area contributed by atoms with Crippen LogP contribution in [0.15, 0.2) is 18.2 Å². The SMILES string of the molecule is O=C1CCNCC1Cc1cccc(Cl)c1Cl. The lowest BCUT2D eigenvalue weighted by Crippen LogP contribution is -2.37. The lowest BCUT2D eigenvalue weighted by Gasteiger charge is -2.22. The van der Waals surface area contributed by atoms with Crippen LogP contribution >= 0.6 is 23.2 Å². The van der Waals surface area contributed by atoms with Crippen LogP contribution in [0.1, 0.15) is 12.0 Å². The monoisotopic (exact) mass is 257 g/mol. The molecule has 0 aliphatic carbocycles. The second-order valence-electron chi connectivity index (χ2n) is 4.03. The summed E-state index contributed by atoms with van der Waals surface area (Å²) in [6, 6.07) is 5.55. The maximum atomic E-state index is 11.7. The van der Waals surface area contributed by atoms with E-state index in [1.54, 1.807) is 6.07 Å². The van der Waals surface area contributed by atoms with Gasteiger partial charge in [-0.25, -0.2) is 0 Å². The quantitative estimate of drug-likeness (QED) is 0.883. The van der Waals surface area contributed by atoms with Crippen LogP contribution in [0.4, 0.5) is 0 Å². The molecule has 0 saturated carbocycles. The van der Waals surface area contributed by atoms with Crippen molar-refractivity contribution >= 4 is 29.0 Å². The van der Waals surface area contributed by atoms with Crippen LogP contribution in [0.3, 0.4) is 0 Å². The molecule has 1 aliphatic rings. The molecule has 4 heteroatoms. The molecule has 1 atom stereocenters. The summed E-state index contributed by atoms with van der Waals surface area (Å²) in [5.74, 6) is 0.347. The number of hydrogen-bond donors (Lipinski definition) is 1. The van der Waals surface area contributed by atoms with E-state index in [1.165, 1.54) is 0 Å². The fraction of sp³-hybridized carbons (Fsp3) is 0.417. The Morgan fingerprint density at radius 1 is 1.38 bits per heavy atom. The number of carbonyl (C=O) groups is 1. The van der Waals surface area contributed by atoms with Crippen LogP contribution in [-0.4, -0.2) is 18.9 Å². The van der Waals surface area contributed by atoms with Crippen molar-refractivity contribution in [2.45, 2.75) is 12.8 Å². The summed E-state index contributed by atoms with van der Waals surface area (Å²) in [6.45, 7) is 1.53. The number of carbonyl (C=O) groups excluding carboxylic acids is 1. The molecule has 2 nitrogen and oxygen atoms in total. The molecule has 1 fully saturated rings. The molecule has 1 aromatic rings. The second kappa shape index (κ2) is 5.17. The second-order valence-corrected chi connectivity index (χ2v) is 4.82. The van der Waals surface area contributed by atoms with Gasteiger partial charge in [-0.2, -0.15) is 0 Å². The summed E-state index contributed by atoms with van der Waals surface area (Å²) in [5.41, 5.74) is 0.955. The maximum absolute atomic E-state index is 11.7. The molecule has 1 saturated heterocycles. The van der Waals surface area contributed by atoms with Crippen LogP contribution in [-0.2, 0) is 11.2 Å². The first-order valence-electron chi connectivity index (χ1n) is 5.35. The minimum atomic E-state index is 0.0321. The van der Waals surface area contributed by atoms with E-state index >= 15 is 0 Å². The van der Waals surface area contributed by atoms with Gasteiger partial charge < -0.3 is 5.32 Å². The van der Waals surface area contributed by atoms with Gasteiger partial charge >= 0.3 is 0 Å². The average molecular weight is 258 g/mol. The van der Waals surface area contributed by atoms with Crippen molar-refractivity contribution < 1.29 is 4.79 Å². The standard InChI is InChI=1S/C12H13Cl2NO/c13-10-3-1-2-8(12(10)14)6-9-7-15-5-4-11(9)16/h1-3,9,15H,4-7H2. The molecule has 1 aromatic carbocycles. The molecule has 86 valence electrons. The van der Waals surface area contributed by atoms with Crippen molar-refractivity contribution in [3.8, 4) is 0 Å². The number of ketones is 1. The smallest absolute Gasteiger partial charge is 0.138 e. The number of piperidine rings is 1. The Balaban J connectivity index is 2.14. The largest absolute Gasteiger partial charge is 0.316 e. The Hall–Kier alpha value is -0.570. The normalized spacial score (nSPS) is 21.1. The minimum absolute atomic E-state index is 0.0321. The van der Waals surface area contributed by atoms with Gasteiger partial charge in [0, 0.05) is 25.4 Å².